The lowest BCUT2D eigenvalue weighted by atomic mass is 10.3. The minimum atomic E-state index is 0.269. The summed E-state index contributed by atoms with van der Waals surface area (Å²) in [6.45, 7) is 6.30. The Kier molecular flexibility index (Phi) is 7.14. The highest BCUT2D eigenvalue weighted by atomic mass is 16.7. The van der Waals surface area contributed by atoms with Gasteiger partial charge < -0.3 is 28.4 Å². The Hall–Kier alpha value is -1.50. The Labute approximate surface area is 124 Å². The molecule has 0 fully saturated rings. The molecule has 6 nitrogen and oxygen atoms in total. The summed E-state index contributed by atoms with van der Waals surface area (Å²) in [6, 6.07) is 5.51. The number of hydrogen-bond donors (Lipinski definition) is 0. The minimum Gasteiger partial charge on any atom is -0.491 e. The predicted molar refractivity (Wildman–Crippen MR) is 76.2 cm³/mol. The monoisotopic (exact) mass is 298 g/mol. The van der Waals surface area contributed by atoms with E-state index in [0.29, 0.717) is 39.6 Å². The van der Waals surface area contributed by atoms with E-state index in [1.807, 2.05) is 25.1 Å². The Morgan fingerprint density at radius 1 is 0.857 bits per heavy atom. The van der Waals surface area contributed by atoms with Crippen molar-refractivity contribution in [3.8, 4) is 17.2 Å². The number of ether oxygens (including phenoxy) is 6. The van der Waals surface area contributed by atoms with Gasteiger partial charge in [-0.05, 0) is 19.1 Å². The second-order valence-electron chi connectivity index (χ2n) is 4.29. The van der Waals surface area contributed by atoms with Gasteiger partial charge in [0.2, 0.25) is 6.79 Å². The molecule has 0 N–H and O–H groups in total. The molecule has 0 radical (unpaired) electrons. The zero-order chi connectivity index (χ0) is 14.8. The standard InChI is InChI=1S/C15H22O6/c1-2-16-5-6-17-7-8-18-9-10-19-13-3-4-14-15(11-13)21-12-20-14/h3-4,11H,2,5-10,12H2,1H3. The van der Waals surface area contributed by atoms with Crippen LogP contribution in [0.1, 0.15) is 6.92 Å². The average molecular weight is 298 g/mol. The summed E-state index contributed by atoms with van der Waals surface area (Å²) in [5.41, 5.74) is 0. The average Bonchev–Trinajstić information content (AvgIpc) is 2.97. The lowest BCUT2D eigenvalue weighted by molar-refractivity contribution is 0.0114. The second kappa shape index (κ2) is 9.44. The third kappa shape index (κ3) is 5.79. The molecule has 0 saturated carbocycles. The summed E-state index contributed by atoms with van der Waals surface area (Å²) in [6.07, 6.45) is 0. The van der Waals surface area contributed by atoms with Crippen molar-refractivity contribution in [3.05, 3.63) is 18.2 Å². The van der Waals surface area contributed by atoms with Crippen molar-refractivity contribution in [3.63, 3.8) is 0 Å². The van der Waals surface area contributed by atoms with Crippen LogP contribution in [0.2, 0.25) is 0 Å². The molecule has 0 unspecified atom stereocenters. The molecular weight excluding hydrogens is 276 g/mol. The highest BCUT2D eigenvalue weighted by molar-refractivity contribution is 5.46. The molecule has 1 heterocycles. The van der Waals surface area contributed by atoms with Crippen molar-refractivity contribution in [2.75, 3.05) is 53.0 Å². The SMILES string of the molecule is CCOCCOCCOCCOc1ccc2c(c1)OCO2. The van der Waals surface area contributed by atoms with E-state index < -0.39 is 0 Å². The summed E-state index contributed by atoms with van der Waals surface area (Å²) in [5, 5.41) is 0. The molecule has 118 valence electrons. The van der Waals surface area contributed by atoms with Crippen LogP contribution in [-0.2, 0) is 14.2 Å². The van der Waals surface area contributed by atoms with Gasteiger partial charge >= 0.3 is 0 Å². The fraction of sp³-hybridized carbons (Fsp3) is 0.600. The quantitative estimate of drug-likeness (QED) is 0.581. The van der Waals surface area contributed by atoms with Crippen LogP contribution in [0.15, 0.2) is 18.2 Å². The molecule has 1 aliphatic heterocycles. The van der Waals surface area contributed by atoms with Crippen molar-refractivity contribution in [1.29, 1.82) is 0 Å². The Morgan fingerprint density at radius 2 is 1.52 bits per heavy atom. The molecule has 1 aromatic rings. The molecule has 0 saturated heterocycles. The predicted octanol–water partition coefficient (Wildman–Crippen LogP) is 1.86. The molecule has 0 aliphatic carbocycles. The van der Waals surface area contributed by atoms with Crippen molar-refractivity contribution >= 4 is 0 Å². The maximum atomic E-state index is 5.57. The van der Waals surface area contributed by atoms with Crippen molar-refractivity contribution in [2.24, 2.45) is 0 Å². The van der Waals surface area contributed by atoms with Crippen LogP contribution in [0.25, 0.3) is 0 Å². The molecule has 21 heavy (non-hydrogen) atoms. The van der Waals surface area contributed by atoms with Gasteiger partial charge in [0.05, 0.1) is 33.0 Å². The normalized spacial score (nSPS) is 12.6. The fourth-order valence-electron chi connectivity index (χ4n) is 1.77. The number of hydrogen-bond acceptors (Lipinski definition) is 6. The summed E-state index contributed by atoms with van der Waals surface area (Å²) in [4.78, 5) is 0. The minimum absolute atomic E-state index is 0.269. The maximum Gasteiger partial charge on any atom is 0.231 e. The lowest BCUT2D eigenvalue weighted by Crippen LogP contribution is -2.12. The van der Waals surface area contributed by atoms with Crippen molar-refractivity contribution in [2.45, 2.75) is 6.92 Å². The van der Waals surface area contributed by atoms with Gasteiger partial charge in [0, 0.05) is 12.7 Å². The van der Waals surface area contributed by atoms with E-state index in [4.69, 9.17) is 28.4 Å². The van der Waals surface area contributed by atoms with Gasteiger partial charge in [0.1, 0.15) is 12.4 Å². The van der Waals surface area contributed by atoms with E-state index in [9.17, 15) is 0 Å². The van der Waals surface area contributed by atoms with Crippen LogP contribution >= 0.6 is 0 Å². The van der Waals surface area contributed by atoms with E-state index in [-0.39, 0.29) is 6.79 Å². The third-order valence-corrected chi connectivity index (χ3v) is 2.79. The molecule has 0 aromatic heterocycles. The zero-order valence-corrected chi connectivity index (χ0v) is 12.3. The van der Waals surface area contributed by atoms with E-state index in [1.165, 1.54) is 0 Å². The molecule has 0 atom stereocenters. The van der Waals surface area contributed by atoms with Gasteiger partial charge in [0.15, 0.2) is 11.5 Å². The Morgan fingerprint density at radius 3 is 2.29 bits per heavy atom. The van der Waals surface area contributed by atoms with Crippen molar-refractivity contribution < 1.29 is 28.4 Å². The topological polar surface area (TPSA) is 55.4 Å². The van der Waals surface area contributed by atoms with Crippen LogP contribution in [0, 0.1) is 0 Å². The van der Waals surface area contributed by atoms with Gasteiger partial charge in [-0.25, -0.2) is 0 Å². The molecule has 2 rings (SSSR count). The molecule has 0 bridgehead atoms. The summed E-state index contributed by atoms with van der Waals surface area (Å²) in [7, 11) is 0. The van der Waals surface area contributed by atoms with Crippen LogP contribution in [-0.4, -0.2) is 53.0 Å². The molecule has 0 spiro atoms. The summed E-state index contributed by atoms with van der Waals surface area (Å²) >= 11 is 0. The van der Waals surface area contributed by atoms with Gasteiger partial charge in [-0.1, -0.05) is 0 Å². The molecule has 1 aliphatic rings. The smallest absolute Gasteiger partial charge is 0.231 e. The first-order chi connectivity index (χ1) is 10.4. The van der Waals surface area contributed by atoms with Gasteiger partial charge in [-0.15, -0.1) is 0 Å². The number of fused-ring (bicyclic) bond motifs is 1. The maximum absolute atomic E-state index is 5.57. The van der Waals surface area contributed by atoms with Gasteiger partial charge in [-0.2, -0.15) is 0 Å². The van der Waals surface area contributed by atoms with Crippen LogP contribution in [0.5, 0.6) is 17.2 Å². The largest absolute Gasteiger partial charge is 0.491 e. The molecule has 0 amide bonds. The van der Waals surface area contributed by atoms with E-state index >= 15 is 0 Å². The first-order valence-electron chi connectivity index (χ1n) is 7.16. The Balaban J connectivity index is 1.47. The first-order valence-corrected chi connectivity index (χ1v) is 7.16. The number of benzene rings is 1. The lowest BCUT2D eigenvalue weighted by Gasteiger charge is -2.08. The van der Waals surface area contributed by atoms with E-state index in [2.05, 4.69) is 0 Å². The second-order valence-corrected chi connectivity index (χ2v) is 4.29. The summed E-state index contributed by atoms with van der Waals surface area (Å²) < 4.78 is 32.0. The van der Waals surface area contributed by atoms with E-state index in [0.717, 1.165) is 23.9 Å². The number of rotatable bonds is 11. The van der Waals surface area contributed by atoms with Gasteiger partial charge in [0.25, 0.3) is 0 Å². The van der Waals surface area contributed by atoms with Crippen LogP contribution < -0.4 is 14.2 Å². The van der Waals surface area contributed by atoms with Crippen LogP contribution in [0.3, 0.4) is 0 Å². The first kappa shape index (κ1) is 15.9. The summed E-state index contributed by atoms with van der Waals surface area (Å²) in [5.74, 6) is 2.22. The highest BCUT2D eigenvalue weighted by Gasteiger charge is 2.13. The van der Waals surface area contributed by atoms with Crippen LogP contribution in [0.4, 0.5) is 0 Å². The zero-order valence-electron chi connectivity index (χ0n) is 12.3. The molecule has 6 heteroatoms. The fourth-order valence-corrected chi connectivity index (χ4v) is 1.77. The molecular formula is C15H22O6. The van der Waals surface area contributed by atoms with Gasteiger partial charge in [-0.3, -0.25) is 0 Å². The molecule has 1 aromatic carbocycles. The third-order valence-electron chi connectivity index (χ3n) is 2.79. The van der Waals surface area contributed by atoms with E-state index in [1.54, 1.807) is 0 Å². The highest BCUT2D eigenvalue weighted by Crippen LogP contribution is 2.34. The Bertz CT molecular complexity index is 409. The van der Waals surface area contributed by atoms with Crippen molar-refractivity contribution in [1.82, 2.24) is 0 Å².